The molecule has 0 aliphatic carbocycles. The first-order valence-corrected chi connectivity index (χ1v) is 10.3. The zero-order valence-corrected chi connectivity index (χ0v) is 18.1. The molecule has 4 heterocycles. The van der Waals surface area contributed by atoms with Crippen molar-refractivity contribution in [1.82, 2.24) is 24.5 Å². The van der Waals surface area contributed by atoms with Gasteiger partial charge >= 0.3 is 0 Å². The van der Waals surface area contributed by atoms with Crippen LogP contribution in [0.1, 0.15) is 39.6 Å². The molecule has 2 atom stereocenters. The van der Waals surface area contributed by atoms with Crippen LogP contribution in [0, 0.1) is 5.41 Å². The molecule has 3 N–H and O–H groups in total. The van der Waals surface area contributed by atoms with Gasteiger partial charge in [-0.3, -0.25) is 0 Å². The molecular formula is C21H28FN7O2. The molecule has 4 rings (SSSR count). The van der Waals surface area contributed by atoms with Gasteiger partial charge in [-0.2, -0.15) is 4.98 Å². The molecule has 9 nitrogen and oxygen atoms in total. The van der Waals surface area contributed by atoms with Crippen molar-refractivity contribution in [2.45, 2.75) is 52.6 Å². The van der Waals surface area contributed by atoms with Crippen molar-refractivity contribution in [3.63, 3.8) is 0 Å². The number of nitrogens with zero attached hydrogens (tertiary/aromatic N) is 6. The van der Waals surface area contributed by atoms with E-state index in [1.807, 2.05) is 38.3 Å². The fourth-order valence-corrected chi connectivity index (χ4v) is 4.11. The van der Waals surface area contributed by atoms with Gasteiger partial charge in [-0.15, -0.1) is 0 Å². The minimum atomic E-state index is -1.37. The van der Waals surface area contributed by atoms with Crippen LogP contribution in [0.25, 0.3) is 11.0 Å². The highest BCUT2D eigenvalue weighted by Crippen LogP contribution is 2.33. The zero-order chi connectivity index (χ0) is 22.3. The number of piperidine rings is 1. The molecule has 0 aromatic carbocycles. The van der Waals surface area contributed by atoms with Crippen LogP contribution in [-0.4, -0.2) is 60.1 Å². The van der Waals surface area contributed by atoms with Gasteiger partial charge in [0.2, 0.25) is 5.95 Å². The molecule has 0 bridgehead atoms. The van der Waals surface area contributed by atoms with Gasteiger partial charge in [-0.05, 0) is 19.9 Å². The predicted octanol–water partition coefficient (Wildman–Crippen LogP) is 2.58. The van der Waals surface area contributed by atoms with Crippen LogP contribution >= 0.6 is 0 Å². The summed E-state index contributed by atoms with van der Waals surface area (Å²) in [5.74, 6) is 2.07. The number of pyridine rings is 1. The second kappa shape index (κ2) is 8.01. The Hall–Kier alpha value is -2.85. The van der Waals surface area contributed by atoms with Crippen molar-refractivity contribution >= 4 is 28.6 Å². The third-order valence-corrected chi connectivity index (χ3v) is 5.63. The van der Waals surface area contributed by atoms with Gasteiger partial charge in [0.25, 0.3) is 0 Å². The summed E-state index contributed by atoms with van der Waals surface area (Å²) in [5, 5.41) is 22.9. The lowest BCUT2D eigenvalue weighted by Gasteiger charge is -2.43. The number of aliphatic hydroxyl groups is 2. The lowest BCUT2D eigenvalue weighted by Crippen LogP contribution is -2.55. The van der Waals surface area contributed by atoms with E-state index in [1.54, 1.807) is 23.4 Å². The van der Waals surface area contributed by atoms with Crippen LogP contribution in [0.4, 0.5) is 22.0 Å². The number of imidazole rings is 1. The minimum absolute atomic E-state index is 0.0375. The second-order valence-electron chi connectivity index (χ2n) is 8.90. The van der Waals surface area contributed by atoms with E-state index in [2.05, 4.69) is 25.3 Å². The number of rotatable bonds is 5. The number of fused-ring (bicyclic) bond motifs is 1. The average Bonchev–Trinajstić information content (AvgIpc) is 3.10. The monoisotopic (exact) mass is 429 g/mol. The van der Waals surface area contributed by atoms with Crippen LogP contribution < -0.4 is 10.2 Å². The molecular weight excluding hydrogens is 401 g/mol. The maximum absolute atomic E-state index is 14.3. The molecule has 166 valence electrons. The highest BCUT2D eigenvalue weighted by atomic mass is 19.1. The summed E-state index contributed by atoms with van der Waals surface area (Å²) in [7, 11) is 0. The summed E-state index contributed by atoms with van der Waals surface area (Å²) in [5.41, 5.74) is 0.948. The summed E-state index contributed by atoms with van der Waals surface area (Å²) in [6.45, 7) is 8.04. The van der Waals surface area contributed by atoms with Gasteiger partial charge < -0.3 is 25.0 Å². The molecule has 1 aliphatic rings. The number of alkyl halides is 1. The largest absolute Gasteiger partial charge is 0.389 e. The van der Waals surface area contributed by atoms with Crippen molar-refractivity contribution < 1.29 is 14.6 Å². The molecule has 3 aromatic heterocycles. The summed E-state index contributed by atoms with van der Waals surface area (Å²) in [6.07, 6.45) is 0.872. The Bertz CT molecular complexity index is 1080. The first kappa shape index (κ1) is 21.4. The normalized spacial score (nSPS) is 21.1. The third-order valence-electron chi connectivity index (χ3n) is 5.63. The molecule has 0 amide bonds. The van der Waals surface area contributed by atoms with Crippen LogP contribution in [0.2, 0.25) is 0 Å². The summed E-state index contributed by atoms with van der Waals surface area (Å²) in [4.78, 5) is 19.4. The Morgan fingerprint density at radius 1 is 1.26 bits per heavy atom. The van der Waals surface area contributed by atoms with E-state index in [-0.39, 0.29) is 19.2 Å². The molecule has 0 radical (unpaired) electrons. The van der Waals surface area contributed by atoms with Crippen molar-refractivity contribution in [3.8, 4) is 0 Å². The number of hydrogen-bond acceptors (Lipinski definition) is 8. The molecule has 3 aromatic rings. The van der Waals surface area contributed by atoms with Gasteiger partial charge in [-0.25, -0.2) is 19.3 Å². The van der Waals surface area contributed by atoms with E-state index in [0.29, 0.717) is 35.5 Å². The smallest absolute Gasteiger partial charge is 0.227 e. The van der Waals surface area contributed by atoms with E-state index in [1.165, 1.54) is 0 Å². The zero-order valence-electron chi connectivity index (χ0n) is 18.1. The van der Waals surface area contributed by atoms with Crippen LogP contribution in [0.5, 0.6) is 0 Å². The summed E-state index contributed by atoms with van der Waals surface area (Å²) >= 11 is 0. The quantitative estimate of drug-likeness (QED) is 0.567. The van der Waals surface area contributed by atoms with Crippen LogP contribution in [-0.2, 0) is 6.61 Å². The lowest BCUT2D eigenvalue weighted by atomic mass is 9.80. The van der Waals surface area contributed by atoms with E-state index in [9.17, 15) is 14.6 Å². The van der Waals surface area contributed by atoms with E-state index in [0.717, 1.165) is 5.52 Å². The Labute approximate surface area is 180 Å². The number of anilines is 3. The van der Waals surface area contributed by atoms with Gasteiger partial charge in [-0.1, -0.05) is 13.8 Å². The number of aliphatic hydroxyl groups excluding tert-OH is 2. The van der Waals surface area contributed by atoms with Crippen molar-refractivity contribution in [1.29, 1.82) is 0 Å². The summed E-state index contributed by atoms with van der Waals surface area (Å²) < 4.78 is 16.3. The Morgan fingerprint density at radius 2 is 2.03 bits per heavy atom. The Morgan fingerprint density at radius 3 is 2.71 bits per heavy atom. The van der Waals surface area contributed by atoms with Crippen molar-refractivity contribution in [2.75, 3.05) is 23.3 Å². The average molecular weight is 430 g/mol. The molecule has 1 fully saturated rings. The third kappa shape index (κ3) is 4.05. The first-order valence-electron chi connectivity index (χ1n) is 10.3. The molecule has 0 spiro atoms. The molecule has 0 unspecified atom stereocenters. The second-order valence-corrected chi connectivity index (χ2v) is 8.90. The standard InChI is InChI=1S/C21H28FN7O2/c1-12(2)29-15-7-17(24-8-14(15)25-18(29)10-30)26-16-5-6-23-20(27-16)28-9-13(22)19(31)21(3,4)11-28/h5-8,12-13,19,30-31H,9-11H2,1-4H3,(H,23,24,26,27)/t13-,19-/m1/s1. The van der Waals surface area contributed by atoms with Crippen LogP contribution in [0.3, 0.4) is 0 Å². The molecule has 1 aliphatic heterocycles. The highest BCUT2D eigenvalue weighted by molar-refractivity contribution is 5.79. The minimum Gasteiger partial charge on any atom is -0.389 e. The fourth-order valence-electron chi connectivity index (χ4n) is 4.11. The molecule has 10 heteroatoms. The SMILES string of the molecule is CC(C)n1c(CO)nc2cnc(Nc3ccnc(N4C[C@@H](F)[C@@H](O)C(C)(C)C4)n3)cc21. The summed E-state index contributed by atoms with van der Waals surface area (Å²) in [6, 6.07) is 3.70. The number of halogens is 1. The van der Waals surface area contributed by atoms with Gasteiger partial charge in [0.1, 0.15) is 35.8 Å². The molecule has 1 saturated heterocycles. The van der Waals surface area contributed by atoms with Crippen LogP contribution in [0.15, 0.2) is 24.5 Å². The van der Waals surface area contributed by atoms with Gasteiger partial charge in [0.05, 0.1) is 24.4 Å². The maximum atomic E-state index is 14.3. The Kier molecular flexibility index (Phi) is 5.52. The Balaban J connectivity index is 1.61. The highest BCUT2D eigenvalue weighted by Gasteiger charge is 2.42. The van der Waals surface area contributed by atoms with Crippen molar-refractivity contribution in [2.24, 2.45) is 5.41 Å². The fraction of sp³-hybridized carbons (Fsp3) is 0.524. The molecule has 31 heavy (non-hydrogen) atoms. The molecule has 0 saturated carbocycles. The van der Waals surface area contributed by atoms with E-state index in [4.69, 9.17) is 0 Å². The lowest BCUT2D eigenvalue weighted by molar-refractivity contribution is -0.0257. The predicted molar refractivity (Wildman–Crippen MR) is 116 cm³/mol. The number of aromatic nitrogens is 5. The van der Waals surface area contributed by atoms with E-state index < -0.39 is 17.7 Å². The van der Waals surface area contributed by atoms with Gasteiger partial charge in [0, 0.05) is 30.3 Å². The first-order chi connectivity index (χ1) is 14.7. The van der Waals surface area contributed by atoms with Gasteiger partial charge in [0.15, 0.2) is 0 Å². The number of hydrogen-bond donors (Lipinski definition) is 3. The topological polar surface area (TPSA) is 112 Å². The van der Waals surface area contributed by atoms with Crippen molar-refractivity contribution in [3.05, 3.63) is 30.4 Å². The maximum Gasteiger partial charge on any atom is 0.227 e. The van der Waals surface area contributed by atoms with E-state index >= 15 is 0 Å². The number of nitrogens with one attached hydrogen (secondary N) is 1.